The van der Waals surface area contributed by atoms with Crippen molar-refractivity contribution in [2.45, 2.75) is 69.9 Å². The minimum absolute atomic E-state index is 0.0503. The summed E-state index contributed by atoms with van der Waals surface area (Å²) in [7, 11) is -3.52. The van der Waals surface area contributed by atoms with E-state index in [1.807, 2.05) is 25.7 Å². The fourth-order valence-electron chi connectivity index (χ4n) is 3.56. The summed E-state index contributed by atoms with van der Waals surface area (Å²) in [5.74, 6) is -0.0503. The van der Waals surface area contributed by atoms with Crippen molar-refractivity contribution >= 4 is 15.9 Å². The predicted octanol–water partition coefficient (Wildman–Crippen LogP) is 3.18. The zero-order valence-electron chi connectivity index (χ0n) is 15.4. The predicted molar refractivity (Wildman–Crippen MR) is 98.1 cm³/mol. The van der Waals surface area contributed by atoms with Crippen LogP contribution < -0.4 is 0 Å². The van der Waals surface area contributed by atoms with Crippen LogP contribution in [0.25, 0.3) is 0 Å². The summed E-state index contributed by atoms with van der Waals surface area (Å²) in [6, 6.07) is 5.39. The molecule has 1 aliphatic heterocycles. The first-order valence-electron chi connectivity index (χ1n) is 9.26. The molecule has 0 spiro atoms. The fraction of sp³-hybridized carbons (Fsp3) is 0.632. The molecule has 0 unspecified atom stereocenters. The van der Waals surface area contributed by atoms with Crippen LogP contribution in [0.3, 0.4) is 0 Å². The standard InChI is InChI=1S/C19H28N2O3S/c1-14(2)21(16-8-9-16)19(22)18-13-17(10-7-15(18)3)25(23,24)20-11-5-4-6-12-20/h7,10,13-14,16H,4-6,8-9,11-12H2,1-3H3. The van der Waals surface area contributed by atoms with Crippen LogP contribution in [0.1, 0.15) is 61.9 Å². The number of piperidine rings is 1. The molecule has 1 heterocycles. The number of amides is 1. The summed E-state index contributed by atoms with van der Waals surface area (Å²) >= 11 is 0. The van der Waals surface area contributed by atoms with Crippen LogP contribution in [-0.2, 0) is 10.0 Å². The number of rotatable bonds is 5. The second-order valence-electron chi connectivity index (χ2n) is 7.48. The van der Waals surface area contributed by atoms with Crippen LogP contribution in [0.5, 0.6) is 0 Å². The van der Waals surface area contributed by atoms with E-state index < -0.39 is 10.0 Å². The lowest BCUT2D eigenvalue weighted by Gasteiger charge is -2.28. The van der Waals surface area contributed by atoms with E-state index in [9.17, 15) is 13.2 Å². The average Bonchev–Trinajstić information content (AvgIpc) is 3.40. The Kier molecular flexibility index (Phi) is 5.21. The Morgan fingerprint density at radius 2 is 1.80 bits per heavy atom. The van der Waals surface area contributed by atoms with E-state index in [1.165, 1.54) is 0 Å². The first-order valence-corrected chi connectivity index (χ1v) is 10.7. The van der Waals surface area contributed by atoms with Gasteiger partial charge in [0.2, 0.25) is 10.0 Å². The van der Waals surface area contributed by atoms with Gasteiger partial charge in [0.1, 0.15) is 0 Å². The molecule has 1 saturated heterocycles. The number of benzene rings is 1. The molecule has 2 fully saturated rings. The highest BCUT2D eigenvalue weighted by molar-refractivity contribution is 7.89. The van der Waals surface area contributed by atoms with Crippen LogP contribution >= 0.6 is 0 Å². The van der Waals surface area contributed by atoms with E-state index in [-0.39, 0.29) is 16.8 Å². The quantitative estimate of drug-likeness (QED) is 0.806. The largest absolute Gasteiger partial charge is 0.333 e. The number of carbonyl (C=O) groups excluding carboxylic acids is 1. The molecule has 5 nitrogen and oxygen atoms in total. The Bertz CT molecular complexity index is 746. The zero-order chi connectivity index (χ0) is 18.2. The van der Waals surface area contributed by atoms with Crippen molar-refractivity contribution in [1.29, 1.82) is 0 Å². The van der Waals surface area contributed by atoms with E-state index in [0.29, 0.717) is 24.7 Å². The van der Waals surface area contributed by atoms with Crippen molar-refractivity contribution in [3.05, 3.63) is 29.3 Å². The molecule has 1 aromatic carbocycles. The average molecular weight is 365 g/mol. The van der Waals surface area contributed by atoms with Gasteiger partial charge in [-0.2, -0.15) is 4.31 Å². The molecule has 0 atom stereocenters. The first kappa shape index (κ1) is 18.4. The van der Waals surface area contributed by atoms with Gasteiger partial charge in [-0.15, -0.1) is 0 Å². The van der Waals surface area contributed by atoms with Crippen molar-refractivity contribution in [2.24, 2.45) is 0 Å². The molecule has 138 valence electrons. The molecule has 1 saturated carbocycles. The number of nitrogens with zero attached hydrogens (tertiary/aromatic N) is 2. The summed E-state index contributed by atoms with van der Waals surface area (Å²) in [4.78, 5) is 15.2. The van der Waals surface area contributed by atoms with Crippen LogP contribution in [-0.4, -0.2) is 48.7 Å². The molecule has 0 aromatic heterocycles. The van der Waals surface area contributed by atoms with Crippen molar-refractivity contribution in [3.63, 3.8) is 0 Å². The summed E-state index contributed by atoms with van der Waals surface area (Å²) in [6.07, 6.45) is 4.96. The lowest BCUT2D eigenvalue weighted by Crippen LogP contribution is -2.39. The number of sulfonamides is 1. The Labute approximate surface area is 151 Å². The van der Waals surface area contributed by atoms with Crippen LogP contribution in [0.4, 0.5) is 0 Å². The van der Waals surface area contributed by atoms with Gasteiger partial charge in [0.15, 0.2) is 0 Å². The van der Waals surface area contributed by atoms with Gasteiger partial charge in [0, 0.05) is 30.7 Å². The van der Waals surface area contributed by atoms with E-state index >= 15 is 0 Å². The van der Waals surface area contributed by atoms with E-state index in [4.69, 9.17) is 0 Å². The molecule has 1 amide bonds. The molecule has 0 N–H and O–H groups in total. The second-order valence-corrected chi connectivity index (χ2v) is 9.42. The number of aryl methyl sites for hydroxylation is 1. The third-order valence-corrected chi connectivity index (χ3v) is 7.02. The molecule has 0 radical (unpaired) electrons. The maximum atomic E-state index is 13.1. The molecule has 6 heteroatoms. The normalized spacial score (nSPS) is 19.2. The van der Waals surface area contributed by atoms with Gasteiger partial charge < -0.3 is 4.90 Å². The van der Waals surface area contributed by atoms with Crippen molar-refractivity contribution in [2.75, 3.05) is 13.1 Å². The van der Waals surface area contributed by atoms with Crippen LogP contribution in [0.15, 0.2) is 23.1 Å². The zero-order valence-corrected chi connectivity index (χ0v) is 16.2. The van der Waals surface area contributed by atoms with Gasteiger partial charge in [-0.3, -0.25) is 4.79 Å². The summed E-state index contributed by atoms with van der Waals surface area (Å²) in [6.45, 7) is 7.04. The molecular formula is C19H28N2O3S. The number of hydrogen-bond acceptors (Lipinski definition) is 3. The van der Waals surface area contributed by atoms with Gasteiger partial charge in [0.25, 0.3) is 5.91 Å². The van der Waals surface area contributed by atoms with Gasteiger partial charge >= 0.3 is 0 Å². The number of hydrogen-bond donors (Lipinski definition) is 0. The third kappa shape index (κ3) is 3.75. The van der Waals surface area contributed by atoms with Crippen molar-refractivity contribution < 1.29 is 13.2 Å². The Morgan fingerprint density at radius 3 is 2.36 bits per heavy atom. The van der Waals surface area contributed by atoms with E-state index in [1.54, 1.807) is 22.5 Å². The van der Waals surface area contributed by atoms with Crippen molar-refractivity contribution in [3.8, 4) is 0 Å². The second kappa shape index (κ2) is 7.08. The van der Waals surface area contributed by atoms with Gasteiger partial charge in [-0.05, 0) is 64.2 Å². The SMILES string of the molecule is Cc1ccc(S(=O)(=O)N2CCCCC2)cc1C(=O)N(C(C)C)C1CC1. The Morgan fingerprint density at radius 1 is 1.16 bits per heavy atom. The Hall–Kier alpha value is -1.40. The summed E-state index contributed by atoms with van der Waals surface area (Å²) in [5.41, 5.74) is 1.34. The van der Waals surface area contributed by atoms with Crippen LogP contribution in [0.2, 0.25) is 0 Å². The molecule has 2 aliphatic rings. The first-order chi connectivity index (χ1) is 11.8. The number of carbonyl (C=O) groups is 1. The van der Waals surface area contributed by atoms with E-state index in [2.05, 4.69) is 0 Å². The minimum atomic E-state index is -3.52. The molecule has 0 bridgehead atoms. The molecule has 1 aliphatic carbocycles. The highest BCUT2D eigenvalue weighted by Crippen LogP contribution is 2.31. The monoisotopic (exact) mass is 364 g/mol. The lowest BCUT2D eigenvalue weighted by atomic mass is 10.1. The molecular weight excluding hydrogens is 336 g/mol. The third-order valence-electron chi connectivity index (χ3n) is 5.12. The molecule has 25 heavy (non-hydrogen) atoms. The van der Waals surface area contributed by atoms with E-state index in [0.717, 1.165) is 37.7 Å². The van der Waals surface area contributed by atoms with Gasteiger partial charge in [0.05, 0.1) is 4.90 Å². The highest BCUT2D eigenvalue weighted by atomic mass is 32.2. The van der Waals surface area contributed by atoms with Gasteiger partial charge in [-0.25, -0.2) is 8.42 Å². The maximum absolute atomic E-state index is 13.1. The topological polar surface area (TPSA) is 57.7 Å². The lowest BCUT2D eigenvalue weighted by molar-refractivity contribution is 0.0689. The molecule has 3 rings (SSSR count). The fourth-order valence-corrected chi connectivity index (χ4v) is 5.10. The summed E-state index contributed by atoms with van der Waals surface area (Å²) < 4.78 is 27.4. The smallest absolute Gasteiger partial charge is 0.254 e. The summed E-state index contributed by atoms with van der Waals surface area (Å²) in [5, 5.41) is 0. The van der Waals surface area contributed by atoms with Crippen LogP contribution in [0, 0.1) is 6.92 Å². The van der Waals surface area contributed by atoms with Gasteiger partial charge in [-0.1, -0.05) is 12.5 Å². The molecule has 1 aromatic rings. The minimum Gasteiger partial charge on any atom is -0.333 e. The Balaban J connectivity index is 1.93. The van der Waals surface area contributed by atoms with Crippen molar-refractivity contribution in [1.82, 2.24) is 9.21 Å². The maximum Gasteiger partial charge on any atom is 0.254 e. The highest BCUT2D eigenvalue weighted by Gasteiger charge is 2.36.